The standard InChI is InChI=1S/C15H21NO3/c1-11-4-2-3-5-14(11)15(18)16-8-13(17)10-19-9-12-6-7-12/h2-5,12-13,17H,6-10H2,1H3,(H,16,18). The van der Waals surface area contributed by atoms with Crippen LogP contribution in [0.25, 0.3) is 0 Å². The Morgan fingerprint density at radius 2 is 2.21 bits per heavy atom. The number of benzene rings is 1. The van der Waals surface area contributed by atoms with Crippen molar-refractivity contribution in [3.63, 3.8) is 0 Å². The highest BCUT2D eigenvalue weighted by molar-refractivity contribution is 5.95. The van der Waals surface area contributed by atoms with Gasteiger partial charge in [-0.3, -0.25) is 4.79 Å². The lowest BCUT2D eigenvalue weighted by molar-refractivity contribution is 0.0320. The first-order chi connectivity index (χ1) is 9.16. The Labute approximate surface area is 113 Å². The van der Waals surface area contributed by atoms with Gasteiger partial charge in [-0.25, -0.2) is 0 Å². The maximum atomic E-state index is 11.9. The summed E-state index contributed by atoms with van der Waals surface area (Å²) in [6, 6.07) is 7.40. The second kappa shape index (κ2) is 6.68. The SMILES string of the molecule is Cc1ccccc1C(=O)NCC(O)COCC1CC1. The highest BCUT2D eigenvalue weighted by atomic mass is 16.5. The third kappa shape index (κ3) is 4.65. The van der Waals surface area contributed by atoms with Gasteiger partial charge in [0.2, 0.25) is 0 Å². The Hall–Kier alpha value is -1.39. The number of hydrogen-bond donors (Lipinski definition) is 2. The molecule has 0 bridgehead atoms. The molecule has 1 aliphatic rings. The van der Waals surface area contributed by atoms with Crippen molar-refractivity contribution >= 4 is 5.91 Å². The number of carbonyl (C=O) groups excluding carboxylic acids is 1. The highest BCUT2D eigenvalue weighted by Gasteiger charge is 2.21. The predicted octanol–water partition coefficient (Wildman–Crippen LogP) is 1.51. The van der Waals surface area contributed by atoms with Crippen molar-refractivity contribution in [1.82, 2.24) is 5.32 Å². The van der Waals surface area contributed by atoms with Gasteiger partial charge in [0, 0.05) is 18.7 Å². The van der Waals surface area contributed by atoms with Crippen molar-refractivity contribution in [3.8, 4) is 0 Å². The van der Waals surface area contributed by atoms with Crippen LogP contribution in [-0.4, -0.2) is 36.9 Å². The van der Waals surface area contributed by atoms with Gasteiger partial charge >= 0.3 is 0 Å². The highest BCUT2D eigenvalue weighted by Crippen LogP contribution is 2.28. The zero-order valence-corrected chi connectivity index (χ0v) is 11.3. The van der Waals surface area contributed by atoms with Gasteiger partial charge in [0.15, 0.2) is 0 Å². The zero-order valence-electron chi connectivity index (χ0n) is 11.3. The molecule has 4 heteroatoms. The van der Waals surface area contributed by atoms with Crippen molar-refractivity contribution in [2.75, 3.05) is 19.8 Å². The number of aliphatic hydroxyl groups excluding tert-OH is 1. The molecule has 0 radical (unpaired) electrons. The minimum atomic E-state index is -0.647. The van der Waals surface area contributed by atoms with Crippen molar-refractivity contribution < 1.29 is 14.6 Å². The van der Waals surface area contributed by atoms with E-state index in [1.54, 1.807) is 6.07 Å². The molecule has 1 unspecified atom stereocenters. The van der Waals surface area contributed by atoms with Gasteiger partial charge in [-0.05, 0) is 37.3 Å². The Morgan fingerprint density at radius 1 is 1.47 bits per heavy atom. The van der Waals surface area contributed by atoms with E-state index in [4.69, 9.17) is 4.74 Å². The molecule has 1 aromatic rings. The molecule has 0 aromatic heterocycles. The van der Waals surface area contributed by atoms with Crippen LogP contribution in [0.4, 0.5) is 0 Å². The van der Waals surface area contributed by atoms with Crippen LogP contribution >= 0.6 is 0 Å². The smallest absolute Gasteiger partial charge is 0.251 e. The summed E-state index contributed by atoms with van der Waals surface area (Å²) in [6.45, 7) is 3.12. The fourth-order valence-electron chi connectivity index (χ4n) is 1.85. The first-order valence-corrected chi connectivity index (χ1v) is 6.76. The third-order valence-corrected chi connectivity index (χ3v) is 3.25. The number of carbonyl (C=O) groups is 1. The van der Waals surface area contributed by atoms with E-state index in [2.05, 4.69) is 5.32 Å². The van der Waals surface area contributed by atoms with Gasteiger partial charge in [-0.2, -0.15) is 0 Å². The minimum Gasteiger partial charge on any atom is -0.389 e. The Morgan fingerprint density at radius 3 is 2.89 bits per heavy atom. The molecule has 4 nitrogen and oxygen atoms in total. The van der Waals surface area contributed by atoms with Crippen molar-refractivity contribution in [2.45, 2.75) is 25.9 Å². The Balaban J connectivity index is 1.68. The van der Waals surface area contributed by atoms with Crippen molar-refractivity contribution in [2.24, 2.45) is 5.92 Å². The second-order valence-corrected chi connectivity index (χ2v) is 5.16. The Kier molecular flexibility index (Phi) is 4.93. The summed E-state index contributed by atoms with van der Waals surface area (Å²) in [5.41, 5.74) is 1.58. The molecule has 1 aliphatic carbocycles. The molecule has 0 aliphatic heterocycles. The van der Waals surface area contributed by atoms with Crippen LogP contribution in [0.15, 0.2) is 24.3 Å². The van der Waals surface area contributed by atoms with Gasteiger partial charge in [0.05, 0.1) is 12.7 Å². The van der Waals surface area contributed by atoms with E-state index in [9.17, 15) is 9.90 Å². The molecule has 0 saturated heterocycles. The molecule has 1 aromatic carbocycles. The van der Waals surface area contributed by atoms with Gasteiger partial charge in [-0.15, -0.1) is 0 Å². The number of aryl methyl sites for hydroxylation is 1. The largest absolute Gasteiger partial charge is 0.389 e. The first-order valence-electron chi connectivity index (χ1n) is 6.76. The quantitative estimate of drug-likeness (QED) is 0.784. The van der Waals surface area contributed by atoms with Gasteiger partial charge in [0.1, 0.15) is 0 Å². The molecule has 1 saturated carbocycles. The minimum absolute atomic E-state index is 0.153. The summed E-state index contributed by atoms with van der Waals surface area (Å²) < 4.78 is 5.38. The number of rotatable bonds is 7. The molecule has 1 amide bonds. The molecule has 19 heavy (non-hydrogen) atoms. The molecule has 0 spiro atoms. The zero-order chi connectivity index (χ0) is 13.7. The summed E-state index contributed by atoms with van der Waals surface area (Å²) in [5, 5.41) is 12.4. The van der Waals surface area contributed by atoms with Crippen molar-refractivity contribution in [1.29, 1.82) is 0 Å². The van der Waals surface area contributed by atoms with Gasteiger partial charge in [0.25, 0.3) is 5.91 Å². The van der Waals surface area contributed by atoms with Crippen LogP contribution in [0.1, 0.15) is 28.8 Å². The average Bonchev–Trinajstić information content (AvgIpc) is 3.20. The summed E-state index contributed by atoms with van der Waals surface area (Å²) >= 11 is 0. The molecular formula is C15H21NO3. The van der Waals surface area contributed by atoms with E-state index in [1.807, 2.05) is 25.1 Å². The fraction of sp³-hybridized carbons (Fsp3) is 0.533. The molecular weight excluding hydrogens is 242 g/mol. The molecule has 2 N–H and O–H groups in total. The lowest BCUT2D eigenvalue weighted by Crippen LogP contribution is -2.35. The molecule has 0 heterocycles. The number of nitrogens with one attached hydrogen (secondary N) is 1. The Bertz CT molecular complexity index is 429. The monoisotopic (exact) mass is 263 g/mol. The predicted molar refractivity (Wildman–Crippen MR) is 73.1 cm³/mol. The lowest BCUT2D eigenvalue weighted by atomic mass is 10.1. The summed E-state index contributed by atoms with van der Waals surface area (Å²) in [5.74, 6) is 0.535. The van der Waals surface area contributed by atoms with E-state index in [-0.39, 0.29) is 19.1 Å². The number of ether oxygens (including phenoxy) is 1. The fourth-order valence-corrected chi connectivity index (χ4v) is 1.85. The van der Waals surface area contributed by atoms with Crippen molar-refractivity contribution in [3.05, 3.63) is 35.4 Å². The summed E-state index contributed by atoms with van der Waals surface area (Å²) in [6.07, 6.45) is 1.83. The first kappa shape index (κ1) is 14.0. The lowest BCUT2D eigenvalue weighted by Gasteiger charge is -2.13. The maximum absolute atomic E-state index is 11.9. The normalized spacial score (nSPS) is 16.1. The third-order valence-electron chi connectivity index (χ3n) is 3.25. The number of amides is 1. The van der Waals surface area contributed by atoms with E-state index >= 15 is 0 Å². The van der Waals surface area contributed by atoms with E-state index in [0.29, 0.717) is 11.5 Å². The number of aliphatic hydroxyl groups is 1. The van der Waals surface area contributed by atoms with Crippen LogP contribution in [0.2, 0.25) is 0 Å². The van der Waals surface area contributed by atoms with E-state index < -0.39 is 6.10 Å². The summed E-state index contributed by atoms with van der Waals surface area (Å²) in [4.78, 5) is 11.9. The summed E-state index contributed by atoms with van der Waals surface area (Å²) in [7, 11) is 0. The van der Waals surface area contributed by atoms with E-state index in [0.717, 1.165) is 12.2 Å². The molecule has 104 valence electrons. The average molecular weight is 263 g/mol. The van der Waals surface area contributed by atoms with Crippen LogP contribution in [0, 0.1) is 12.8 Å². The maximum Gasteiger partial charge on any atom is 0.251 e. The van der Waals surface area contributed by atoms with Crippen LogP contribution in [0.5, 0.6) is 0 Å². The van der Waals surface area contributed by atoms with Gasteiger partial charge in [-0.1, -0.05) is 18.2 Å². The van der Waals surface area contributed by atoms with Gasteiger partial charge < -0.3 is 15.2 Å². The topological polar surface area (TPSA) is 58.6 Å². The molecule has 2 rings (SSSR count). The second-order valence-electron chi connectivity index (χ2n) is 5.16. The molecule has 1 fully saturated rings. The number of hydrogen-bond acceptors (Lipinski definition) is 3. The van der Waals surface area contributed by atoms with E-state index in [1.165, 1.54) is 12.8 Å². The van der Waals surface area contributed by atoms with Crippen LogP contribution < -0.4 is 5.32 Å². The van der Waals surface area contributed by atoms with Crippen LogP contribution in [-0.2, 0) is 4.74 Å². The molecule has 1 atom stereocenters. The van der Waals surface area contributed by atoms with Crippen LogP contribution in [0.3, 0.4) is 0 Å².